The normalized spacial score (nSPS) is 11.9. The summed E-state index contributed by atoms with van der Waals surface area (Å²) in [6, 6.07) is 6.60. The molecule has 0 amide bonds. The average molecular weight is 296 g/mol. The molecule has 1 N–H and O–H groups in total. The summed E-state index contributed by atoms with van der Waals surface area (Å²) < 4.78 is 38.0. The Kier molecular flexibility index (Phi) is 2.86. The molecular formula is C13H7F3N2OS. The largest absolute Gasteiger partial charge is 0.416 e. The van der Waals surface area contributed by atoms with E-state index in [0.29, 0.717) is 15.6 Å². The highest BCUT2D eigenvalue weighted by molar-refractivity contribution is 7.22. The van der Waals surface area contributed by atoms with Crippen LogP contribution in [0.2, 0.25) is 0 Å². The molecule has 0 saturated carbocycles. The molecule has 0 unspecified atom stereocenters. The molecule has 3 rings (SSSR count). The number of aromatic nitrogens is 2. The SMILES string of the molecule is O=c1[nH]ncc2cc(-c3ccc(C(F)(F)F)cc3)sc12. The van der Waals surface area contributed by atoms with Crippen molar-refractivity contribution in [2.24, 2.45) is 0 Å². The van der Waals surface area contributed by atoms with Gasteiger partial charge in [-0.15, -0.1) is 11.3 Å². The molecule has 0 aliphatic carbocycles. The molecular weight excluding hydrogens is 289 g/mol. The van der Waals surface area contributed by atoms with E-state index in [1.165, 1.54) is 29.7 Å². The maximum atomic E-state index is 12.5. The lowest BCUT2D eigenvalue weighted by Gasteiger charge is -2.06. The lowest BCUT2D eigenvalue weighted by molar-refractivity contribution is -0.137. The number of alkyl halides is 3. The van der Waals surface area contributed by atoms with Crippen LogP contribution in [0.1, 0.15) is 5.56 Å². The third kappa shape index (κ3) is 2.20. The van der Waals surface area contributed by atoms with Gasteiger partial charge in [-0.2, -0.15) is 18.3 Å². The minimum Gasteiger partial charge on any atom is -0.266 e. The molecule has 0 aliphatic heterocycles. The van der Waals surface area contributed by atoms with Crippen LogP contribution in [-0.4, -0.2) is 10.2 Å². The van der Waals surface area contributed by atoms with Gasteiger partial charge in [-0.3, -0.25) is 4.79 Å². The van der Waals surface area contributed by atoms with Gasteiger partial charge in [0.2, 0.25) is 0 Å². The summed E-state index contributed by atoms with van der Waals surface area (Å²) in [6.07, 6.45) is -2.83. The number of benzene rings is 1. The summed E-state index contributed by atoms with van der Waals surface area (Å²) in [6.45, 7) is 0. The quantitative estimate of drug-likeness (QED) is 0.744. The van der Waals surface area contributed by atoms with Gasteiger partial charge in [-0.25, -0.2) is 5.10 Å². The molecule has 0 fully saturated rings. The summed E-state index contributed by atoms with van der Waals surface area (Å²) >= 11 is 1.23. The Morgan fingerprint density at radius 2 is 1.85 bits per heavy atom. The third-order valence-electron chi connectivity index (χ3n) is 2.83. The highest BCUT2D eigenvalue weighted by Gasteiger charge is 2.30. The van der Waals surface area contributed by atoms with Crippen LogP contribution in [0.25, 0.3) is 20.5 Å². The van der Waals surface area contributed by atoms with E-state index in [9.17, 15) is 18.0 Å². The molecule has 0 bridgehead atoms. The summed E-state index contributed by atoms with van der Waals surface area (Å²) in [5, 5.41) is 6.69. The molecule has 2 aromatic heterocycles. The Balaban J connectivity index is 2.07. The number of aromatic amines is 1. The number of hydrogen-bond acceptors (Lipinski definition) is 3. The van der Waals surface area contributed by atoms with E-state index in [1.54, 1.807) is 6.07 Å². The molecule has 1 aromatic carbocycles. The smallest absolute Gasteiger partial charge is 0.266 e. The van der Waals surface area contributed by atoms with Gasteiger partial charge in [0.05, 0.1) is 11.8 Å². The van der Waals surface area contributed by atoms with Gasteiger partial charge in [-0.05, 0) is 23.8 Å². The zero-order chi connectivity index (χ0) is 14.3. The van der Waals surface area contributed by atoms with Gasteiger partial charge in [0.1, 0.15) is 4.70 Å². The molecule has 3 nitrogen and oxygen atoms in total. The second kappa shape index (κ2) is 4.45. The van der Waals surface area contributed by atoms with Crippen LogP contribution < -0.4 is 5.56 Å². The Bertz CT molecular complexity index is 818. The van der Waals surface area contributed by atoms with Crippen molar-refractivity contribution in [1.29, 1.82) is 0 Å². The number of fused-ring (bicyclic) bond motifs is 1. The first-order valence-electron chi connectivity index (χ1n) is 5.60. The van der Waals surface area contributed by atoms with E-state index in [0.717, 1.165) is 17.0 Å². The number of hydrogen-bond donors (Lipinski definition) is 1. The fourth-order valence-corrected chi connectivity index (χ4v) is 2.88. The lowest BCUT2D eigenvalue weighted by Crippen LogP contribution is -2.04. The van der Waals surface area contributed by atoms with Crippen molar-refractivity contribution in [2.75, 3.05) is 0 Å². The first-order valence-corrected chi connectivity index (χ1v) is 6.42. The highest BCUT2D eigenvalue weighted by Crippen LogP contribution is 2.34. The maximum Gasteiger partial charge on any atom is 0.416 e. The van der Waals surface area contributed by atoms with Gasteiger partial charge in [-0.1, -0.05) is 12.1 Å². The van der Waals surface area contributed by atoms with Gasteiger partial charge in [0, 0.05) is 10.3 Å². The zero-order valence-electron chi connectivity index (χ0n) is 9.86. The van der Waals surface area contributed by atoms with Gasteiger partial charge in [0.25, 0.3) is 5.56 Å². The molecule has 102 valence electrons. The number of thiophene rings is 1. The molecule has 0 radical (unpaired) electrons. The summed E-state index contributed by atoms with van der Waals surface area (Å²) in [4.78, 5) is 12.3. The van der Waals surface area contributed by atoms with Crippen LogP contribution in [0.3, 0.4) is 0 Å². The van der Waals surface area contributed by atoms with Crippen molar-refractivity contribution in [3.63, 3.8) is 0 Å². The zero-order valence-corrected chi connectivity index (χ0v) is 10.7. The number of halogens is 3. The van der Waals surface area contributed by atoms with E-state index >= 15 is 0 Å². The Morgan fingerprint density at radius 1 is 1.15 bits per heavy atom. The fourth-order valence-electron chi connectivity index (χ4n) is 1.86. The maximum absolute atomic E-state index is 12.5. The monoisotopic (exact) mass is 296 g/mol. The fraction of sp³-hybridized carbons (Fsp3) is 0.0769. The summed E-state index contributed by atoms with van der Waals surface area (Å²) in [5.74, 6) is 0. The highest BCUT2D eigenvalue weighted by atomic mass is 32.1. The lowest BCUT2D eigenvalue weighted by atomic mass is 10.1. The number of nitrogens with zero attached hydrogens (tertiary/aromatic N) is 1. The van der Waals surface area contributed by atoms with Crippen molar-refractivity contribution in [3.05, 3.63) is 52.4 Å². The van der Waals surface area contributed by atoms with Crippen molar-refractivity contribution >= 4 is 21.4 Å². The topological polar surface area (TPSA) is 45.8 Å². The number of rotatable bonds is 1. The van der Waals surface area contributed by atoms with E-state index in [4.69, 9.17) is 0 Å². The number of nitrogens with one attached hydrogen (secondary N) is 1. The van der Waals surface area contributed by atoms with Crippen molar-refractivity contribution in [1.82, 2.24) is 10.2 Å². The van der Waals surface area contributed by atoms with E-state index < -0.39 is 11.7 Å². The van der Waals surface area contributed by atoms with Crippen molar-refractivity contribution in [3.8, 4) is 10.4 Å². The first-order chi connectivity index (χ1) is 9.45. The molecule has 3 aromatic rings. The summed E-state index contributed by atoms with van der Waals surface area (Å²) in [5.41, 5.74) is -0.355. The molecule has 0 saturated heterocycles. The Labute approximate surface area is 114 Å². The van der Waals surface area contributed by atoms with Gasteiger partial charge >= 0.3 is 6.18 Å². The predicted octanol–water partition coefficient (Wildman–Crippen LogP) is 3.67. The molecule has 0 spiro atoms. The molecule has 0 aliphatic rings. The van der Waals surface area contributed by atoms with Crippen LogP contribution in [-0.2, 0) is 6.18 Å². The van der Waals surface area contributed by atoms with Crippen molar-refractivity contribution < 1.29 is 13.2 Å². The minimum atomic E-state index is -4.35. The predicted molar refractivity (Wildman–Crippen MR) is 70.7 cm³/mol. The first kappa shape index (κ1) is 12.9. The van der Waals surface area contributed by atoms with Crippen LogP contribution in [0.4, 0.5) is 13.2 Å². The molecule has 0 atom stereocenters. The summed E-state index contributed by atoms with van der Waals surface area (Å²) in [7, 11) is 0. The average Bonchev–Trinajstić information content (AvgIpc) is 2.83. The second-order valence-electron chi connectivity index (χ2n) is 4.17. The molecule has 20 heavy (non-hydrogen) atoms. The van der Waals surface area contributed by atoms with E-state index in [-0.39, 0.29) is 5.56 Å². The van der Waals surface area contributed by atoms with Gasteiger partial charge < -0.3 is 0 Å². The molecule has 2 heterocycles. The molecule has 7 heteroatoms. The van der Waals surface area contributed by atoms with Crippen LogP contribution >= 0.6 is 11.3 Å². The van der Waals surface area contributed by atoms with Crippen LogP contribution in [0.5, 0.6) is 0 Å². The Morgan fingerprint density at radius 3 is 2.45 bits per heavy atom. The Hall–Kier alpha value is -2.15. The van der Waals surface area contributed by atoms with Crippen molar-refractivity contribution in [2.45, 2.75) is 6.18 Å². The standard InChI is InChI=1S/C13H7F3N2OS/c14-13(15,16)9-3-1-7(2-4-9)10-5-8-6-17-18-12(19)11(8)20-10/h1-6H,(H,18,19). The minimum absolute atomic E-state index is 0.300. The number of H-pyrrole nitrogens is 1. The third-order valence-corrected chi connectivity index (χ3v) is 4.03. The van der Waals surface area contributed by atoms with Crippen LogP contribution in [0.15, 0.2) is 41.3 Å². The van der Waals surface area contributed by atoms with Gasteiger partial charge in [0.15, 0.2) is 0 Å². The van der Waals surface area contributed by atoms with E-state index in [1.807, 2.05) is 0 Å². The van der Waals surface area contributed by atoms with E-state index in [2.05, 4.69) is 10.2 Å². The van der Waals surface area contributed by atoms with Crippen LogP contribution in [0, 0.1) is 0 Å². The second-order valence-corrected chi connectivity index (χ2v) is 5.22.